The van der Waals surface area contributed by atoms with Gasteiger partial charge < -0.3 is 10.1 Å². The van der Waals surface area contributed by atoms with E-state index in [4.69, 9.17) is 4.74 Å². The maximum atomic E-state index is 12.3. The minimum absolute atomic E-state index is 0.0494. The molecule has 19 heavy (non-hydrogen) atoms. The molecule has 2 atom stereocenters. The van der Waals surface area contributed by atoms with Gasteiger partial charge in [0.1, 0.15) is 5.54 Å². The minimum atomic E-state index is -0.433. The van der Waals surface area contributed by atoms with Crippen LogP contribution in [0.15, 0.2) is 0 Å². The van der Waals surface area contributed by atoms with Gasteiger partial charge in [-0.15, -0.1) is 0 Å². The Hall–Kier alpha value is -0.220. The molecule has 0 amide bonds. The van der Waals surface area contributed by atoms with Crippen molar-refractivity contribution in [2.24, 2.45) is 5.92 Å². The van der Waals surface area contributed by atoms with Crippen molar-refractivity contribution in [1.29, 1.82) is 0 Å². The van der Waals surface area contributed by atoms with Gasteiger partial charge in [0, 0.05) is 5.25 Å². The second kappa shape index (κ2) is 8.15. The quantitative estimate of drug-likeness (QED) is 0.730. The van der Waals surface area contributed by atoms with Crippen LogP contribution in [-0.4, -0.2) is 35.7 Å². The summed E-state index contributed by atoms with van der Waals surface area (Å²) in [4.78, 5) is 12.3. The molecule has 0 aromatic rings. The fourth-order valence-corrected chi connectivity index (χ4v) is 4.11. The van der Waals surface area contributed by atoms with E-state index in [1.54, 1.807) is 0 Å². The highest BCUT2D eigenvalue weighted by Crippen LogP contribution is 2.36. The maximum absolute atomic E-state index is 12.3. The van der Waals surface area contributed by atoms with Gasteiger partial charge in [-0.2, -0.15) is 11.8 Å². The summed E-state index contributed by atoms with van der Waals surface area (Å²) in [5.41, 5.74) is -0.433. The van der Waals surface area contributed by atoms with Crippen LogP contribution >= 0.6 is 11.8 Å². The van der Waals surface area contributed by atoms with Crippen molar-refractivity contribution in [1.82, 2.24) is 5.32 Å². The van der Waals surface area contributed by atoms with E-state index in [1.807, 2.05) is 18.7 Å². The van der Waals surface area contributed by atoms with Crippen LogP contribution in [0.5, 0.6) is 0 Å². The number of rotatable bonds is 7. The number of carbonyl (C=O) groups is 1. The van der Waals surface area contributed by atoms with Gasteiger partial charge in [-0.3, -0.25) is 4.79 Å². The molecule has 0 heterocycles. The highest BCUT2D eigenvalue weighted by atomic mass is 32.2. The second-order valence-electron chi connectivity index (χ2n) is 5.78. The normalized spacial score (nSPS) is 27.5. The Kier molecular flexibility index (Phi) is 7.22. The maximum Gasteiger partial charge on any atom is 0.326 e. The SMILES string of the molecule is CCNC1(C(=O)OCC)CCCC(SCC(C)C)C1. The zero-order chi connectivity index (χ0) is 14.3. The predicted octanol–water partition coefficient (Wildman–Crippen LogP) is 3.23. The van der Waals surface area contributed by atoms with Crippen LogP contribution < -0.4 is 5.32 Å². The van der Waals surface area contributed by atoms with Crippen molar-refractivity contribution in [3.05, 3.63) is 0 Å². The summed E-state index contributed by atoms with van der Waals surface area (Å²) in [6.45, 7) is 9.73. The number of esters is 1. The number of carbonyl (C=O) groups excluding carboxylic acids is 1. The summed E-state index contributed by atoms with van der Waals surface area (Å²) in [5.74, 6) is 1.84. The molecule has 1 fully saturated rings. The molecule has 0 aromatic heterocycles. The summed E-state index contributed by atoms with van der Waals surface area (Å²) in [6, 6.07) is 0. The van der Waals surface area contributed by atoms with E-state index in [2.05, 4.69) is 26.1 Å². The zero-order valence-corrected chi connectivity index (χ0v) is 13.6. The first kappa shape index (κ1) is 16.8. The number of hydrogen-bond acceptors (Lipinski definition) is 4. The summed E-state index contributed by atoms with van der Waals surface area (Å²) >= 11 is 2.02. The molecule has 1 saturated carbocycles. The molecule has 0 radical (unpaired) electrons. The lowest BCUT2D eigenvalue weighted by Gasteiger charge is -2.39. The lowest BCUT2D eigenvalue weighted by molar-refractivity contribution is -0.152. The molecule has 1 rings (SSSR count). The van der Waals surface area contributed by atoms with E-state index in [0.29, 0.717) is 17.8 Å². The average Bonchev–Trinajstić information content (AvgIpc) is 2.37. The van der Waals surface area contributed by atoms with Crippen LogP contribution in [0.3, 0.4) is 0 Å². The van der Waals surface area contributed by atoms with E-state index in [1.165, 1.54) is 12.2 Å². The van der Waals surface area contributed by atoms with Crippen molar-refractivity contribution in [3.8, 4) is 0 Å². The lowest BCUT2D eigenvalue weighted by Crippen LogP contribution is -2.56. The van der Waals surface area contributed by atoms with Gasteiger partial charge >= 0.3 is 5.97 Å². The highest BCUT2D eigenvalue weighted by molar-refractivity contribution is 7.99. The standard InChI is InChI=1S/C15H29NO2S/c1-5-16-15(14(17)18-6-2)9-7-8-13(10-15)19-11-12(3)4/h12-13,16H,5-11H2,1-4H3. The largest absolute Gasteiger partial charge is 0.465 e. The third kappa shape index (κ3) is 4.99. The average molecular weight is 287 g/mol. The Morgan fingerprint density at radius 1 is 1.47 bits per heavy atom. The molecular weight excluding hydrogens is 258 g/mol. The Morgan fingerprint density at radius 2 is 2.21 bits per heavy atom. The monoisotopic (exact) mass is 287 g/mol. The molecule has 1 aliphatic carbocycles. The van der Waals surface area contributed by atoms with Gasteiger partial charge in [0.05, 0.1) is 6.61 Å². The highest BCUT2D eigenvalue weighted by Gasteiger charge is 2.43. The minimum Gasteiger partial charge on any atom is -0.465 e. The van der Waals surface area contributed by atoms with Crippen LogP contribution in [-0.2, 0) is 9.53 Å². The number of hydrogen-bond donors (Lipinski definition) is 1. The number of nitrogens with one attached hydrogen (secondary N) is 1. The van der Waals surface area contributed by atoms with Crippen molar-refractivity contribution in [2.45, 2.75) is 64.2 Å². The fraction of sp³-hybridized carbons (Fsp3) is 0.933. The molecule has 1 N–H and O–H groups in total. The predicted molar refractivity (Wildman–Crippen MR) is 82.6 cm³/mol. The van der Waals surface area contributed by atoms with Gasteiger partial charge in [-0.1, -0.05) is 20.8 Å². The smallest absolute Gasteiger partial charge is 0.326 e. The van der Waals surface area contributed by atoms with Gasteiger partial charge in [-0.05, 0) is 50.8 Å². The molecule has 0 saturated heterocycles. The number of ether oxygens (including phenoxy) is 1. The summed E-state index contributed by atoms with van der Waals surface area (Å²) in [7, 11) is 0. The molecule has 112 valence electrons. The number of likely N-dealkylation sites (N-methyl/N-ethyl adjacent to an activating group) is 1. The molecular formula is C15H29NO2S. The van der Waals surface area contributed by atoms with Crippen LogP contribution in [0, 0.1) is 5.92 Å². The first-order chi connectivity index (χ1) is 9.04. The van der Waals surface area contributed by atoms with Crippen molar-refractivity contribution < 1.29 is 9.53 Å². The van der Waals surface area contributed by atoms with Crippen molar-refractivity contribution in [2.75, 3.05) is 18.9 Å². The van der Waals surface area contributed by atoms with E-state index in [9.17, 15) is 4.79 Å². The first-order valence-corrected chi connectivity index (χ1v) is 8.62. The van der Waals surface area contributed by atoms with Crippen molar-refractivity contribution >= 4 is 17.7 Å². The van der Waals surface area contributed by atoms with Gasteiger partial charge in [0.25, 0.3) is 0 Å². The third-order valence-corrected chi connectivity index (χ3v) is 5.29. The van der Waals surface area contributed by atoms with Gasteiger partial charge in [-0.25, -0.2) is 0 Å². The van der Waals surface area contributed by atoms with E-state index < -0.39 is 5.54 Å². The van der Waals surface area contributed by atoms with Crippen molar-refractivity contribution in [3.63, 3.8) is 0 Å². The van der Waals surface area contributed by atoms with E-state index in [-0.39, 0.29) is 5.97 Å². The van der Waals surface area contributed by atoms with Crippen LogP contribution in [0.25, 0.3) is 0 Å². The summed E-state index contributed by atoms with van der Waals surface area (Å²) in [6.07, 6.45) is 4.17. The molecule has 2 unspecified atom stereocenters. The Morgan fingerprint density at radius 3 is 2.79 bits per heavy atom. The van der Waals surface area contributed by atoms with E-state index >= 15 is 0 Å². The molecule has 0 bridgehead atoms. The van der Waals surface area contributed by atoms with Crippen LogP contribution in [0.2, 0.25) is 0 Å². The Balaban J connectivity index is 2.66. The molecule has 0 aromatic carbocycles. The number of thioether (sulfide) groups is 1. The van der Waals surface area contributed by atoms with Gasteiger partial charge in [0.2, 0.25) is 0 Å². The fourth-order valence-electron chi connectivity index (χ4n) is 2.72. The Labute approximate surface area is 122 Å². The molecule has 3 nitrogen and oxygen atoms in total. The lowest BCUT2D eigenvalue weighted by atomic mass is 9.81. The summed E-state index contributed by atoms with van der Waals surface area (Å²) in [5, 5.41) is 4.00. The van der Waals surface area contributed by atoms with Crippen LogP contribution in [0.4, 0.5) is 0 Å². The van der Waals surface area contributed by atoms with Gasteiger partial charge in [0.15, 0.2) is 0 Å². The third-order valence-electron chi connectivity index (χ3n) is 3.55. The van der Waals surface area contributed by atoms with E-state index in [0.717, 1.165) is 25.8 Å². The summed E-state index contributed by atoms with van der Waals surface area (Å²) < 4.78 is 5.30. The topological polar surface area (TPSA) is 38.3 Å². The molecule has 0 aliphatic heterocycles. The molecule has 1 aliphatic rings. The Bertz CT molecular complexity index is 279. The first-order valence-electron chi connectivity index (χ1n) is 7.58. The second-order valence-corrected chi connectivity index (χ2v) is 7.11. The zero-order valence-electron chi connectivity index (χ0n) is 12.8. The molecule has 0 spiro atoms. The van der Waals surface area contributed by atoms with Crippen LogP contribution in [0.1, 0.15) is 53.4 Å². The molecule has 4 heteroatoms.